The summed E-state index contributed by atoms with van der Waals surface area (Å²) in [5.41, 5.74) is 11.4. The van der Waals surface area contributed by atoms with E-state index in [9.17, 15) is 0 Å². The summed E-state index contributed by atoms with van der Waals surface area (Å²) < 4.78 is 2.33. The van der Waals surface area contributed by atoms with Crippen LogP contribution < -0.4 is 4.90 Å². The summed E-state index contributed by atoms with van der Waals surface area (Å²) in [6, 6.07) is 64.4. The Bertz CT molecular complexity index is 2820. The van der Waals surface area contributed by atoms with Crippen molar-refractivity contribution in [3.8, 4) is 16.8 Å². The van der Waals surface area contributed by atoms with E-state index in [0.29, 0.717) is 0 Å². The Morgan fingerprint density at radius 3 is 1.62 bits per heavy atom. The maximum atomic E-state index is 5.29. The van der Waals surface area contributed by atoms with Crippen LogP contribution in [0, 0.1) is 0 Å². The first kappa shape index (κ1) is 28.3. The Balaban J connectivity index is 1.33. The molecule has 0 bridgehead atoms. The van der Waals surface area contributed by atoms with Crippen LogP contribution in [0.2, 0.25) is 0 Å². The van der Waals surface area contributed by atoms with Crippen molar-refractivity contribution in [3.05, 3.63) is 182 Å². The van der Waals surface area contributed by atoms with Crippen LogP contribution in [0.25, 0.3) is 71.5 Å². The standard InChI is InChI=1S/C46H30N4/c1-3-16-31(17-4-1)32-18-15-21-34(30-32)49(33-19-5-2-6-20-33)44-35-22-7-9-24-37(35)45(38-25-10-8-23-36(38)44)50-42-29-14-11-26-39(42)43-46(50)48-41-28-13-12-27-40(41)47-43/h1-30H. The molecule has 0 fully saturated rings. The SMILES string of the molecule is c1ccc(-c2cccc(N(c3ccccc3)c3c4ccccc4c(-n4c5ccccc5c5nc6ccccc6nc54)c4ccccc34)c2)cc1. The van der Waals surface area contributed by atoms with Crippen LogP contribution in [0.15, 0.2) is 182 Å². The molecule has 0 aliphatic rings. The highest BCUT2D eigenvalue weighted by atomic mass is 15.1. The molecule has 2 heterocycles. The summed E-state index contributed by atoms with van der Waals surface area (Å²) in [6.45, 7) is 0. The van der Waals surface area contributed by atoms with E-state index in [2.05, 4.69) is 167 Å². The molecule has 0 N–H and O–H groups in total. The van der Waals surface area contributed by atoms with Crippen molar-refractivity contribution in [2.24, 2.45) is 0 Å². The lowest BCUT2D eigenvalue weighted by Crippen LogP contribution is -2.12. The first-order valence-electron chi connectivity index (χ1n) is 16.9. The van der Waals surface area contributed by atoms with E-state index >= 15 is 0 Å². The molecule has 0 spiro atoms. The second-order valence-corrected chi connectivity index (χ2v) is 12.6. The van der Waals surface area contributed by atoms with E-state index in [1.807, 2.05) is 24.3 Å². The molecule has 0 unspecified atom stereocenters. The predicted octanol–water partition coefficient (Wildman–Crippen LogP) is 12.2. The van der Waals surface area contributed by atoms with Crippen molar-refractivity contribution in [1.29, 1.82) is 0 Å². The quantitative estimate of drug-likeness (QED) is 0.176. The van der Waals surface area contributed by atoms with Crippen molar-refractivity contribution in [2.45, 2.75) is 0 Å². The molecule has 0 saturated carbocycles. The van der Waals surface area contributed by atoms with Crippen LogP contribution in [0.5, 0.6) is 0 Å². The Morgan fingerprint density at radius 1 is 0.400 bits per heavy atom. The van der Waals surface area contributed by atoms with Crippen LogP contribution >= 0.6 is 0 Å². The van der Waals surface area contributed by atoms with Gasteiger partial charge < -0.3 is 4.90 Å². The lowest BCUT2D eigenvalue weighted by Gasteiger charge is -2.30. The molecule has 10 aromatic rings. The van der Waals surface area contributed by atoms with Gasteiger partial charge in [-0.3, -0.25) is 4.57 Å². The first-order chi connectivity index (χ1) is 24.8. The van der Waals surface area contributed by atoms with Crippen LogP contribution in [0.1, 0.15) is 0 Å². The summed E-state index contributed by atoms with van der Waals surface area (Å²) in [4.78, 5) is 12.9. The maximum absolute atomic E-state index is 5.29. The molecule has 0 radical (unpaired) electrons. The zero-order valence-electron chi connectivity index (χ0n) is 27.1. The van der Waals surface area contributed by atoms with Crippen molar-refractivity contribution in [1.82, 2.24) is 14.5 Å². The number of hydrogen-bond donors (Lipinski definition) is 0. The average molecular weight is 639 g/mol. The van der Waals surface area contributed by atoms with Crippen LogP contribution in [0.3, 0.4) is 0 Å². The van der Waals surface area contributed by atoms with Gasteiger partial charge in [-0.25, -0.2) is 9.97 Å². The van der Waals surface area contributed by atoms with Gasteiger partial charge in [0.25, 0.3) is 0 Å². The van der Waals surface area contributed by atoms with Gasteiger partial charge >= 0.3 is 0 Å². The fraction of sp³-hybridized carbons (Fsp3) is 0. The predicted molar refractivity (Wildman–Crippen MR) is 209 cm³/mol. The van der Waals surface area contributed by atoms with Crippen molar-refractivity contribution < 1.29 is 0 Å². The molecule has 50 heavy (non-hydrogen) atoms. The van der Waals surface area contributed by atoms with Crippen LogP contribution in [-0.4, -0.2) is 14.5 Å². The first-order valence-corrected chi connectivity index (χ1v) is 16.9. The molecule has 234 valence electrons. The Kier molecular flexibility index (Phi) is 6.46. The zero-order valence-corrected chi connectivity index (χ0v) is 27.1. The fourth-order valence-corrected chi connectivity index (χ4v) is 7.54. The highest BCUT2D eigenvalue weighted by molar-refractivity contribution is 6.21. The average Bonchev–Trinajstić information content (AvgIpc) is 3.50. The van der Waals surface area contributed by atoms with E-state index in [1.165, 1.54) is 11.1 Å². The van der Waals surface area contributed by atoms with Crippen molar-refractivity contribution >= 4 is 71.7 Å². The van der Waals surface area contributed by atoms with Gasteiger partial charge in [-0.05, 0) is 53.6 Å². The molecule has 0 aliphatic heterocycles. The van der Waals surface area contributed by atoms with Gasteiger partial charge in [0.2, 0.25) is 0 Å². The van der Waals surface area contributed by atoms with E-state index in [1.54, 1.807) is 0 Å². The molecule has 4 heteroatoms. The lowest BCUT2D eigenvalue weighted by atomic mass is 9.96. The molecular formula is C46H30N4. The van der Waals surface area contributed by atoms with Gasteiger partial charge in [0, 0.05) is 38.3 Å². The van der Waals surface area contributed by atoms with Gasteiger partial charge in [0.1, 0.15) is 5.52 Å². The largest absolute Gasteiger partial charge is 0.309 e. The number of para-hydroxylation sites is 4. The summed E-state index contributed by atoms with van der Waals surface area (Å²) in [7, 11) is 0. The maximum Gasteiger partial charge on any atom is 0.165 e. The fourth-order valence-electron chi connectivity index (χ4n) is 7.54. The van der Waals surface area contributed by atoms with Crippen LogP contribution in [0.4, 0.5) is 17.1 Å². The van der Waals surface area contributed by atoms with Gasteiger partial charge in [0.15, 0.2) is 5.65 Å². The highest BCUT2D eigenvalue weighted by Gasteiger charge is 2.25. The van der Waals surface area contributed by atoms with Crippen molar-refractivity contribution in [2.75, 3.05) is 4.90 Å². The molecule has 8 aromatic carbocycles. The number of benzene rings is 8. The summed E-state index contributed by atoms with van der Waals surface area (Å²) >= 11 is 0. The summed E-state index contributed by atoms with van der Waals surface area (Å²) in [5.74, 6) is 0. The Morgan fingerprint density at radius 2 is 0.920 bits per heavy atom. The third kappa shape index (κ3) is 4.39. The van der Waals surface area contributed by atoms with E-state index in [-0.39, 0.29) is 0 Å². The number of aromatic nitrogens is 3. The van der Waals surface area contributed by atoms with Gasteiger partial charge in [0.05, 0.1) is 27.9 Å². The third-order valence-corrected chi connectivity index (χ3v) is 9.71. The number of anilines is 3. The Labute approximate surface area is 289 Å². The zero-order chi connectivity index (χ0) is 33.0. The molecule has 2 aromatic heterocycles. The molecule has 0 aliphatic carbocycles. The van der Waals surface area contributed by atoms with Crippen LogP contribution in [-0.2, 0) is 0 Å². The number of rotatable bonds is 5. The topological polar surface area (TPSA) is 34.0 Å². The Hall–Kier alpha value is -6.78. The number of hydrogen-bond acceptors (Lipinski definition) is 3. The second kappa shape index (κ2) is 11.4. The second-order valence-electron chi connectivity index (χ2n) is 12.6. The smallest absolute Gasteiger partial charge is 0.165 e. The summed E-state index contributed by atoms with van der Waals surface area (Å²) in [6.07, 6.45) is 0. The van der Waals surface area contributed by atoms with E-state index in [0.717, 1.165) is 77.4 Å². The van der Waals surface area contributed by atoms with E-state index in [4.69, 9.17) is 9.97 Å². The third-order valence-electron chi connectivity index (χ3n) is 9.71. The highest BCUT2D eigenvalue weighted by Crippen LogP contribution is 2.48. The monoisotopic (exact) mass is 638 g/mol. The normalized spacial score (nSPS) is 11.6. The van der Waals surface area contributed by atoms with E-state index < -0.39 is 0 Å². The minimum atomic E-state index is 0.850. The van der Waals surface area contributed by atoms with Gasteiger partial charge in [-0.1, -0.05) is 140 Å². The van der Waals surface area contributed by atoms with Gasteiger partial charge in [-0.15, -0.1) is 0 Å². The molecule has 0 atom stereocenters. The number of fused-ring (bicyclic) bond motifs is 6. The molecule has 10 rings (SSSR count). The molecular weight excluding hydrogens is 609 g/mol. The number of nitrogens with zero attached hydrogens (tertiary/aromatic N) is 4. The minimum Gasteiger partial charge on any atom is -0.309 e. The lowest BCUT2D eigenvalue weighted by molar-refractivity contribution is 1.17. The molecule has 0 saturated heterocycles. The molecule has 4 nitrogen and oxygen atoms in total. The minimum absolute atomic E-state index is 0.850. The molecule has 0 amide bonds. The van der Waals surface area contributed by atoms with Crippen molar-refractivity contribution in [3.63, 3.8) is 0 Å². The summed E-state index contributed by atoms with van der Waals surface area (Å²) in [5, 5.41) is 5.66. The van der Waals surface area contributed by atoms with Gasteiger partial charge in [-0.2, -0.15) is 0 Å².